The summed E-state index contributed by atoms with van der Waals surface area (Å²) in [5, 5.41) is 7.34. The van der Waals surface area contributed by atoms with Crippen LogP contribution in [0, 0.1) is 0 Å². The van der Waals surface area contributed by atoms with Gasteiger partial charge in [-0.15, -0.1) is 5.10 Å². The fourth-order valence-electron chi connectivity index (χ4n) is 2.00. The van der Waals surface area contributed by atoms with E-state index in [4.69, 9.17) is 0 Å². The molecular weight excluding hydrogens is 236 g/mol. The van der Waals surface area contributed by atoms with Crippen molar-refractivity contribution in [1.29, 1.82) is 0 Å². The molecule has 2 rings (SSSR count). The first-order chi connectivity index (χ1) is 8.11. The second kappa shape index (κ2) is 5.10. The molecule has 0 spiro atoms. The average Bonchev–Trinajstić information content (AvgIpc) is 2.77. The van der Waals surface area contributed by atoms with Crippen LogP contribution >= 0.6 is 11.5 Å². The second-order valence-corrected chi connectivity index (χ2v) is 5.45. The molecule has 5 nitrogen and oxygen atoms in total. The third-order valence-corrected chi connectivity index (χ3v) is 3.75. The first-order valence-corrected chi connectivity index (χ1v) is 6.72. The zero-order valence-electron chi connectivity index (χ0n) is 10.4. The van der Waals surface area contributed by atoms with Crippen molar-refractivity contribution < 1.29 is 4.79 Å². The maximum Gasteiger partial charge on any atom is 0.267 e. The van der Waals surface area contributed by atoms with E-state index in [-0.39, 0.29) is 17.9 Å². The minimum Gasteiger partial charge on any atom is -0.333 e. The van der Waals surface area contributed by atoms with Crippen LogP contribution in [0.3, 0.4) is 0 Å². The van der Waals surface area contributed by atoms with Crippen LogP contribution in [0.25, 0.3) is 0 Å². The lowest BCUT2D eigenvalue weighted by molar-refractivity contribution is 0.0659. The Hall–Kier alpha value is -1.01. The van der Waals surface area contributed by atoms with E-state index in [0.717, 1.165) is 25.3 Å². The summed E-state index contributed by atoms with van der Waals surface area (Å²) in [6.45, 7) is 8.61. The molecule has 1 N–H and O–H groups in total. The number of nitrogens with zero attached hydrogens (tertiary/aromatic N) is 3. The largest absolute Gasteiger partial charge is 0.333 e. The third kappa shape index (κ3) is 2.47. The van der Waals surface area contributed by atoms with Crippen molar-refractivity contribution in [3.05, 3.63) is 10.6 Å². The first-order valence-electron chi connectivity index (χ1n) is 5.95. The lowest BCUT2D eigenvalue weighted by Gasteiger charge is -2.33. The summed E-state index contributed by atoms with van der Waals surface area (Å²) >= 11 is 1.21. The zero-order chi connectivity index (χ0) is 12.4. The van der Waals surface area contributed by atoms with E-state index in [1.807, 2.05) is 18.7 Å². The molecular formula is C11H18N4OS. The summed E-state index contributed by atoms with van der Waals surface area (Å²) in [5.74, 6) is 0.323. The van der Waals surface area contributed by atoms with Crippen molar-refractivity contribution in [2.45, 2.75) is 32.7 Å². The van der Waals surface area contributed by atoms with E-state index in [9.17, 15) is 4.79 Å². The van der Waals surface area contributed by atoms with Crippen molar-refractivity contribution >= 4 is 17.4 Å². The molecule has 0 unspecified atom stereocenters. The van der Waals surface area contributed by atoms with Crippen LogP contribution in [0.2, 0.25) is 0 Å². The summed E-state index contributed by atoms with van der Waals surface area (Å²) in [4.78, 5) is 15.0. The minimum atomic E-state index is 0.0812. The number of hydrogen-bond donors (Lipinski definition) is 1. The molecule has 1 fully saturated rings. The van der Waals surface area contributed by atoms with Crippen molar-refractivity contribution in [2.75, 3.05) is 19.6 Å². The number of hydrogen-bond acceptors (Lipinski definition) is 5. The van der Waals surface area contributed by atoms with Crippen molar-refractivity contribution in [3.8, 4) is 0 Å². The molecule has 0 aromatic carbocycles. The lowest BCUT2D eigenvalue weighted by atomic mass is 10.1. The van der Waals surface area contributed by atoms with Gasteiger partial charge < -0.3 is 10.2 Å². The number of rotatable bonds is 2. The molecule has 6 heteroatoms. The number of nitrogens with one attached hydrogen (secondary N) is 1. The number of carbonyl (C=O) groups is 1. The van der Waals surface area contributed by atoms with Crippen LogP contribution in [0.5, 0.6) is 0 Å². The Bertz CT molecular complexity index is 404. The van der Waals surface area contributed by atoms with E-state index in [1.165, 1.54) is 11.5 Å². The first kappa shape index (κ1) is 12.4. The highest BCUT2D eigenvalue weighted by Crippen LogP contribution is 2.22. The third-order valence-electron chi connectivity index (χ3n) is 3.02. The highest BCUT2D eigenvalue weighted by Gasteiger charge is 2.28. The van der Waals surface area contributed by atoms with Gasteiger partial charge in [-0.2, -0.15) is 0 Å². The highest BCUT2D eigenvalue weighted by molar-refractivity contribution is 7.08. The molecule has 1 amide bonds. The summed E-state index contributed by atoms with van der Waals surface area (Å²) in [6, 6.07) is 0.235. The van der Waals surface area contributed by atoms with Gasteiger partial charge in [0.25, 0.3) is 5.91 Å². The van der Waals surface area contributed by atoms with E-state index in [1.54, 1.807) is 0 Å². The van der Waals surface area contributed by atoms with Gasteiger partial charge in [0.05, 0.1) is 5.69 Å². The molecule has 1 aromatic rings. The van der Waals surface area contributed by atoms with Crippen LogP contribution in [0.1, 0.15) is 42.1 Å². The predicted octanol–water partition coefficient (Wildman–Crippen LogP) is 1.10. The van der Waals surface area contributed by atoms with Gasteiger partial charge in [0, 0.05) is 25.7 Å². The number of piperazine rings is 1. The highest BCUT2D eigenvalue weighted by atomic mass is 32.1. The molecule has 1 atom stereocenters. The van der Waals surface area contributed by atoms with E-state index in [0.29, 0.717) is 4.88 Å². The standard InChI is InChI=1S/C11H18N4OS/c1-7(2)9-10(17-14-13-9)11(16)15-5-4-12-6-8(15)3/h7-8,12H,4-6H2,1-3H3/t8-/m1/s1. The van der Waals surface area contributed by atoms with E-state index < -0.39 is 0 Å². The zero-order valence-corrected chi connectivity index (χ0v) is 11.3. The maximum absolute atomic E-state index is 12.4. The molecule has 1 aliphatic heterocycles. The summed E-state index contributed by atoms with van der Waals surface area (Å²) < 4.78 is 3.91. The van der Waals surface area contributed by atoms with Crippen LogP contribution < -0.4 is 5.32 Å². The monoisotopic (exact) mass is 254 g/mol. The predicted molar refractivity (Wildman–Crippen MR) is 67.4 cm³/mol. The molecule has 0 aliphatic carbocycles. The Morgan fingerprint density at radius 1 is 1.59 bits per heavy atom. The van der Waals surface area contributed by atoms with Crippen LogP contribution in [0.4, 0.5) is 0 Å². The van der Waals surface area contributed by atoms with Gasteiger partial charge in [-0.3, -0.25) is 4.79 Å². The Labute approximate surface area is 105 Å². The Kier molecular flexibility index (Phi) is 3.73. The molecule has 94 valence electrons. The van der Waals surface area contributed by atoms with Crippen molar-refractivity contribution in [3.63, 3.8) is 0 Å². The molecule has 0 radical (unpaired) electrons. The SMILES string of the molecule is CC(C)c1nnsc1C(=O)N1CCNC[C@H]1C. The maximum atomic E-state index is 12.4. The van der Waals surface area contributed by atoms with Gasteiger partial charge in [-0.1, -0.05) is 18.3 Å². The number of aromatic nitrogens is 2. The van der Waals surface area contributed by atoms with Gasteiger partial charge in [0.2, 0.25) is 0 Å². The van der Waals surface area contributed by atoms with Gasteiger partial charge in [0.15, 0.2) is 0 Å². The fraction of sp³-hybridized carbons (Fsp3) is 0.727. The molecule has 0 bridgehead atoms. The summed E-state index contributed by atoms with van der Waals surface area (Å²) in [6.07, 6.45) is 0. The smallest absolute Gasteiger partial charge is 0.267 e. The summed E-state index contributed by atoms with van der Waals surface area (Å²) in [5.41, 5.74) is 0.825. The minimum absolute atomic E-state index is 0.0812. The van der Waals surface area contributed by atoms with Crippen molar-refractivity contribution in [2.24, 2.45) is 0 Å². The van der Waals surface area contributed by atoms with Crippen molar-refractivity contribution in [1.82, 2.24) is 19.8 Å². The number of amides is 1. The average molecular weight is 254 g/mol. The fourth-order valence-corrected chi connectivity index (χ4v) is 2.77. The lowest BCUT2D eigenvalue weighted by Crippen LogP contribution is -2.52. The molecule has 1 aliphatic rings. The topological polar surface area (TPSA) is 58.1 Å². The quantitative estimate of drug-likeness (QED) is 0.858. The van der Waals surface area contributed by atoms with Crippen LogP contribution in [-0.4, -0.2) is 46.1 Å². The van der Waals surface area contributed by atoms with Crippen LogP contribution in [-0.2, 0) is 0 Å². The molecule has 1 saturated heterocycles. The van der Waals surface area contributed by atoms with Gasteiger partial charge >= 0.3 is 0 Å². The molecule has 1 aromatic heterocycles. The molecule has 2 heterocycles. The van der Waals surface area contributed by atoms with E-state index >= 15 is 0 Å². The number of carbonyl (C=O) groups excluding carboxylic acids is 1. The van der Waals surface area contributed by atoms with Gasteiger partial charge in [-0.25, -0.2) is 0 Å². The van der Waals surface area contributed by atoms with E-state index in [2.05, 4.69) is 21.8 Å². The van der Waals surface area contributed by atoms with Gasteiger partial charge in [0.1, 0.15) is 4.88 Å². The Morgan fingerprint density at radius 3 is 3.00 bits per heavy atom. The second-order valence-electron chi connectivity index (χ2n) is 4.69. The van der Waals surface area contributed by atoms with Crippen LogP contribution in [0.15, 0.2) is 0 Å². The Morgan fingerprint density at radius 2 is 2.35 bits per heavy atom. The normalized spacial score (nSPS) is 20.9. The Balaban J connectivity index is 2.21. The molecule has 17 heavy (non-hydrogen) atoms. The molecule has 0 saturated carbocycles. The van der Waals surface area contributed by atoms with Gasteiger partial charge in [-0.05, 0) is 24.4 Å². The summed E-state index contributed by atoms with van der Waals surface area (Å²) in [7, 11) is 0.